The molecular formula is C11H23N2+. The number of aliphatic imine (C=N–C) groups is 1. The Bertz CT molecular complexity index is 211. The van der Waals surface area contributed by atoms with Crippen molar-refractivity contribution in [1.82, 2.24) is 0 Å². The van der Waals surface area contributed by atoms with E-state index in [0.29, 0.717) is 0 Å². The first-order valence-corrected chi connectivity index (χ1v) is 4.74. The first-order chi connectivity index (χ1) is 5.63. The Balaban J connectivity index is 4.37. The third-order valence-electron chi connectivity index (χ3n) is 1.81. The number of rotatable bonds is 1. The molecule has 0 rings (SSSR count). The van der Waals surface area contributed by atoms with Gasteiger partial charge in [0.15, 0.2) is 11.8 Å². The van der Waals surface area contributed by atoms with Gasteiger partial charge in [0.05, 0.1) is 11.8 Å². The van der Waals surface area contributed by atoms with Gasteiger partial charge < -0.3 is 0 Å². The van der Waals surface area contributed by atoms with E-state index in [2.05, 4.69) is 58.2 Å². The molecule has 0 aliphatic carbocycles. The maximum Gasteiger partial charge on any atom is 0.181 e. The van der Waals surface area contributed by atoms with Crippen molar-refractivity contribution in [2.24, 2.45) is 4.99 Å². The van der Waals surface area contributed by atoms with Gasteiger partial charge in [0.2, 0.25) is 0 Å². The van der Waals surface area contributed by atoms with Gasteiger partial charge >= 0.3 is 0 Å². The zero-order chi connectivity index (χ0) is 10.7. The van der Waals surface area contributed by atoms with Gasteiger partial charge in [0.1, 0.15) is 7.05 Å². The zero-order valence-electron chi connectivity index (χ0n) is 10.0. The molecule has 76 valence electrons. The molecule has 0 atom stereocenters. The third-order valence-corrected chi connectivity index (χ3v) is 1.81. The first kappa shape index (κ1) is 12.3. The van der Waals surface area contributed by atoms with Crippen molar-refractivity contribution in [2.75, 3.05) is 7.05 Å². The lowest BCUT2D eigenvalue weighted by atomic mass is 10.1. The number of hydrogen-bond donors (Lipinski definition) is 0. The van der Waals surface area contributed by atoms with Gasteiger partial charge in [-0.05, 0) is 41.5 Å². The maximum atomic E-state index is 4.39. The van der Waals surface area contributed by atoms with E-state index in [4.69, 9.17) is 0 Å². The van der Waals surface area contributed by atoms with E-state index >= 15 is 0 Å². The summed E-state index contributed by atoms with van der Waals surface area (Å²) in [6.07, 6.45) is 3.90. The lowest BCUT2D eigenvalue weighted by molar-refractivity contribution is -0.564. The average molecular weight is 183 g/mol. The van der Waals surface area contributed by atoms with Crippen molar-refractivity contribution >= 4 is 12.4 Å². The molecule has 0 aromatic carbocycles. The Kier molecular flexibility index (Phi) is 3.83. The standard InChI is InChI=1S/C11H23N2/c1-10(2,3)12-8-9-13(7)11(4,5)6/h8-9H,1-7H3/q+1/b12-8-,13-9-. The third kappa shape index (κ3) is 6.50. The molecule has 0 aliphatic heterocycles. The molecule has 2 heteroatoms. The van der Waals surface area contributed by atoms with Gasteiger partial charge in [-0.3, -0.25) is 4.99 Å². The van der Waals surface area contributed by atoms with Crippen molar-refractivity contribution < 1.29 is 4.58 Å². The highest BCUT2D eigenvalue weighted by Crippen LogP contribution is 2.05. The Hall–Kier alpha value is -0.660. The van der Waals surface area contributed by atoms with Crippen LogP contribution in [-0.4, -0.2) is 35.1 Å². The molecule has 0 aromatic rings. The normalized spacial score (nSPS) is 15.5. The lowest BCUT2D eigenvalue weighted by Gasteiger charge is -2.13. The minimum Gasteiger partial charge on any atom is -0.281 e. The number of hydrogen-bond acceptors (Lipinski definition) is 1. The molecule has 0 bridgehead atoms. The Morgan fingerprint density at radius 3 is 1.77 bits per heavy atom. The predicted molar refractivity (Wildman–Crippen MR) is 60.2 cm³/mol. The van der Waals surface area contributed by atoms with Crippen LogP contribution in [0, 0.1) is 0 Å². The van der Waals surface area contributed by atoms with Crippen LogP contribution in [0.25, 0.3) is 0 Å². The fourth-order valence-corrected chi connectivity index (χ4v) is 0.581. The molecule has 0 aliphatic rings. The van der Waals surface area contributed by atoms with Crippen molar-refractivity contribution in [3.8, 4) is 0 Å². The fourth-order valence-electron chi connectivity index (χ4n) is 0.581. The van der Waals surface area contributed by atoms with Crippen LogP contribution in [0.4, 0.5) is 0 Å². The van der Waals surface area contributed by atoms with E-state index < -0.39 is 0 Å². The summed E-state index contributed by atoms with van der Waals surface area (Å²) in [5.74, 6) is 0. The quantitative estimate of drug-likeness (QED) is 0.438. The highest BCUT2D eigenvalue weighted by Gasteiger charge is 2.18. The summed E-state index contributed by atoms with van der Waals surface area (Å²) in [5.41, 5.74) is 0.194. The second-order valence-electron chi connectivity index (χ2n) is 5.38. The summed E-state index contributed by atoms with van der Waals surface area (Å²) in [4.78, 5) is 4.39. The van der Waals surface area contributed by atoms with Crippen molar-refractivity contribution in [3.63, 3.8) is 0 Å². The molecule has 2 nitrogen and oxygen atoms in total. The van der Waals surface area contributed by atoms with Crippen molar-refractivity contribution in [1.29, 1.82) is 0 Å². The molecule has 0 N–H and O–H groups in total. The SMILES string of the molecule is C/[N+](=C/C=N\C(C)(C)C)C(C)(C)C. The molecule has 0 aromatic heterocycles. The van der Waals surface area contributed by atoms with Gasteiger partial charge in [0, 0.05) is 0 Å². The topological polar surface area (TPSA) is 15.4 Å². The molecule has 0 fully saturated rings. The fraction of sp³-hybridized carbons (Fsp3) is 0.818. The Morgan fingerprint density at radius 1 is 1.00 bits per heavy atom. The summed E-state index contributed by atoms with van der Waals surface area (Å²) in [5, 5.41) is 0. The maximum absolute atomic E-state index is 4.39. The van der Waals surface area contributed by atoms with Gasteiger partial charge in [-0.15, -0.1) is 0 Å². The predicted octanol–water partition coefficient (Wildman–Crippen LogP) is 2.37. The second kappa shape index (κ2) is 4.03. The molecule has 0 unspecified atom stereocenters. The van der Waals surface area contributed by atoms with Crippen LogP contribution < -0.4 is 0 Å². The molecule has 0 saturated heterocycles. The Morgan fingerprint density at radius 2 is 1.46 bits per heavy atom. The Labute approximate surface area is 82.4 Å². The van der Waals surface area contributed by atoms with E-state index in [1.54, 1.807) is 0 Å². The molecule has 0 amide bonds. The van der Waals surface area contributed by atoms with Gasteiger partial charge in [-0.25, -0.2) is 4.58 Å². The van der Waals surface area contributed by atoms with Crippen LogP contribution in [0.5, 0.6) is 0 Å². The molecule has 0 saturated carbocycles. The van der Waals surface area contributed by atoms with Crippen LogP contribution in [0.1, 0.15) is 41.5 Å². The summed E-state index contributed by atoms with van der Waals surface area (Å²) < 4.78 is 2.15. The van der Waals surface area contributed by atoms with Crippen LogP contribution >= 0.6 is 0 Å². The number of nitrogens with zero attached hydrogens (tertiary/aromatic N) is 2. The van der Waals surface area contributed by atoms with E-state index in [-0.39, 0.29) is 11.1 Å². The molecular weight excluding hydrogens is 160 g/mol. The van der Waals surface area contributed by atoms with E-state index in [9.17, 15) is 0 Å². The summed E-state index contributed by atoms with van der Waals surface area (Å²) >= 11 is 0. The summed E-state index contributed by atoms with van der Waals surface area (Å²) in [6, 6.07) is 0. The molecule has 0 radical (unpaired) electrons. The minimum absolute atomic E-state index is 0.0230. The first-order valence-electron chi connectivity index (χ1n) is 4.74. The van der Waals surface area contributed by atoms with E-state index in [0.717, 1.165) is 0 Å². The lowest BCUT2D eigenvalue weighted by Crippen LogP contribution is -2.31. The highest BCUT2D eigenvalue weighted by molar-refractivity contribution is 6.13. The monoisotopic (exact) mass is 183 g/mol. The van der Waals surface area contributed by atoms with Crippen molar-refractivity contribution in [3.05, 3.63) is 0 Å². The summed E-state index contributed by atoms with van der Waals surface area (Å²) in [6.45, 7) is 12.8. The van der Waals surface area contributed by atoms with Crippen LogP contribution in [0.15, 0.2) is 4.99 Å². The van der Waals surface area contributed by atoms with Crippen LogP contribution in [-0.2, 0) is 0 Å². The van der Waals surface area contributed by atoms with E-state index in [1.807, 2.05) is 12.4 Å². The minimum atomic E-state index is 0.0230. The zero-order valence-corrected chi connectivity index (χ0v) is 10.0. The van der Waals surface area contributed by atoms with E-state index in [1.165, 1.54) is 0 Å². The molecule has 0 spiro atoms. The van der Waals surface area contributed by atoms with Crippen LogP contribution in [0.3, 0.4) is 0 Å². The summed E-state index contributed by atoms with van der Waals surface area (Å²) in [7, 11) is 2.06. The van der Waals surface area contributed by atoms with Gasteiger partial charge in [-0.1, -0.05) is 0 Å². The van der Waals surface area contributed by atoms with Gasteiger partial charge in [-0.2, -0.15) is 0 Å². The van der Waals surface area contributed by atoms with Crippen LogP contribution in [0.2, 0.25) is 0 Å². The second-order valence-corrected chi connectivity index (χ2v) is 5.38. The molecule has 0 heterocycles. The average Bonchev–Trinajstić information content (AvgIpc) is 1.82. The van der Waals surface area contributed by atoms with Crippen molar-refractivity contribution in [2.45, 2.75) is 52.6 Å². The largest absolute Gasteiger partial charge is 0.281 e. The smallest absolute Gasteiger partial charge is 0.181 e. The highest BCUT2D eigenvalue weighted by atomic mass is 15.0. The molecule has 13 heavy (non-hydrogen) atoms. The van der Waals surface area contributed by atoms with Gasteiger partial charge in [0.25, 0.3) is 0 Å².